The van der Waals surface area contributed by atoms with Crippen LogP contribution >= 0.6 is 0 Å². The lowest BCUT2D eigenvalue weighted by molar-refractivity contribution is 0.262. The van der Waals surface area contributed by atoms with E-state index < -0.39 is 0 Å². The predicted octanol–water partition coefficient (Wildman–Crippen LogP) is 2.92. The molecule has 0 fully saturated rings. The number of amides is 2. The van der Waals surface area contributed by atoms with Crippen LogP contribution in [-0.4, -0.2) is 16.2 Å². The number of carbonyl (C=O) groups excluding carboxylic acids is 1. The Morgan fingerprint density at radius 1 is 1.33 bits per heavy atom. The van der Waals surface area contributed by atoms with Gasteiger partial charge in [-0.05, 0) is 31.0 Å². The average Bonchev–Trinajstić information content (AvgIpc) is 2.76. The number of hydrogen-bond donors (Lipinski definition) is 3. The average molecular weight is 244 g/mol. The highest BCUT2D eigenvalue weighted by Gasteiger charge is 2.05. The molecule has 0 radical (unpaired) electrons. The molecule has 0 bridgehead atoms. The lowest BCUT2D eigenvalue weighted by Crippen LogP contribution is -2.19. The van der Waals surface area contributed by atoms with E-state index in [-0.39, 0.29) is 6.03 Å². The number of aromatic amines is 1. The van der Waals surface area contributed by atoms with Gasteiger partial charge in [0.15, 0.2) is 5.82 Å². The molecule has 1 aromatic heterocycles. The van der Waals surface area contributed by atoms with Crippen LogP contribution in [0.25, 0.3) is 0 Å². The molecule has 0 spiro atoms. The maximum atomic E-state index is 11.7. The topological polar surface area (TPSA) is 69.8 Å². The number of hydrogen-bond acceptors (Lipinski definition) is 2. The highest BCUT2D eigenvalue weighted by molar-refractivity contribution is 5.99. The zero-order valence-corrected chi connectivity index (χ0v) is 10.4. The molecule has 1 aromatic carbocycles. The molecule has 0 saturated carbocycles. The number of aryl methyl sites for hydroxylation is 2. The van der Waals surface area contributed by atoms with Gasteiger partial charge in [0.1, 0.15) is 0 Å². The van der Waals surface area contributed by atoms with Crippen molar-refractivity contribution in [2.45, 2.75) is 20.3 Å². The molecule has 0 unspecified atom stereocenters. The van der Waals surface area contributed by atoms with Crippen molar-refractivity contribution in [1.82, 2.24) is 10.2 Å². The van der Waals surface area contributed by atoms with Crippen LogP contribution in [0.4, 0.5) is 16.3 Å². The van der Waals surface area contributed by atoms with Gasteiger partial charge in [0, 0.05) is 17.4 Å². The smallest absolute Gasteiger partial charge is 0.308 e. The Bertz CT molecular complexity index is 547. The molecule has 0 atom stereocenters. The fourth-order valence-corrected chi connectivity index (χ4v) is 1.61. The van der Waals surface area contributed by atoms with E-state index in [0.717, 1.165) is 23.4 Å². The number of urea groups is 1. The number of aromatic nitrogens is 2. The van der Waals surface area contributed by atoms with Crippen molar-refractivity contribution in [2.24, 2.45) is 0 Å². The van der Waals surface area contributed by atoms with E-state index in [0.29, 0.717) is 5.82 Å². The summed E-state index contributed by atoms with van der Waals surface area (Å²) in [6.07, 6.45) is 0.855. The summed E-state index contributed by atoms with van der Waals surface area (Å²) in [6.45, 7) is 3.99. The second-order valence-electron chi connectivity index (χ2n) is 4.08. The number of benzene rings is 1. The fraction of sp³-hybridized carbons (Fsp3) is 0.231. The van der Waals surface area contributed by atoms with Crippen LogP contribution in [0.1, 0.15) is 18.2 Å². The van der Waals surface area contributed by atoms with Crippen molar-refractivity contribution < 1.29 is 4.79 Å². The van der Waals surface area contributed by atoms with E-state index in [1.807, 2.05) is 44.2 Å². The molecule has 2 aromatic rings. The van der Waals surface area contributed by atoms with Gasteiger partial charge in [-0.2, -0.15) is 5.10 Å². The molecule has 0 aliphatic carbocycles. The molecule has 3 N–H and O–H groups in total. The van der Waals surface area contributed by atoms with Gasteiger partial charge in [-0.1, -0.05) is 19.1 Å². The van der Waals surface area contributed by atoms with Crippen molar-refractivity contribution >= 4 is 17.5 Å². The molecule has 1 heterocycles. The van der Waals surface area contributed by atoms with Gasteiger partial charge in [-0.25, -0.2) is 4.79 Å². The molecule has 5 heteroatoms. The number of anilines is 2. The summed E-state index contributed by atoms with van der Waals surface area (Å²) in [7, 11) is 0. The van der Waals surface area contributed by atoms with Crippen LogP contribution in [0.2, 0.25) is 0 Å². The van der Waals surface area contributed by atoms with Crippen molar-refractivity contribution in [3.8, 4) is 0 Å². The van der Waals surface area contributed by atoms with Crippen LogP contribution in [0, 0.1) is 6.92 Å². The van der Waals surface area contributed by atoms with Crippen LogP contribution in [-0.2, 0) is 6.42 Å². The second-order valence-corrected chi connectivity index (χ2v) is 4.08. The van der Waals surface area contributed by atoms with Crippen molar-refractivity contribution in [3.05, 3.63) is 41.6 Å². The molecular weight excluding hydrogens is 228 g/mol. The SMILES string of the molecule is CCc1cc(NC(=O)Nc2cccc(C)c2)n[nH]1. The van der Waals surface area contributed by atoms with Gasteiger partial charge in [-0.15, -0.1) is 0 Å². The van der Waals surface area contributed by atoms with Crippen molar-refractivity contribution in [2.75, 3.05) is 10.6 Å². The van der Waals surface area contributed by atoms with E-state index in [1.54, 1.807) is 0 Å². The maximum Gasteiger partial charge on any atom is 0.324 e. The summed E-state index contributed by atoms with van der Waals surface area (Å²) in [5.74, 6) is 0.525. The van der Waals surface area contributed by atoms with E-state index in [4.69, 9.17) is 0 Å². The molecular formula is C13H16N4O. The number of H-pyrrole nitrogens is 1. The third-order valence-corrected chi connectivity index (χ3v) is 2.53. The summed E-state index contributed by atoms with van der Waals surface area (Å²) >= 11 is 0. The Morgan fingerprint density at radius 2 is 2.17 bits per heavy atom. The summed E-state index contributed by atoms with van der Waals surface area (Å²) in [6, 6.07) is 9.14. The lowest BCUT2D eigenvalue weighted by atomic mass is 10.2. The molecule has 0 aliphatic heterocycles. The molecule has 0 saturated heterocycles. The van der Waals surface area contributed by atoms with E-state index in [2.05, 4.69) is 20.8 Å². The number of nitrogens with one attached hydrogen (secondary N) is 3. The Hall–Kier alpha value is -2.30. The third kappa shape index (κ3) is 3.10. The summed E-state index contributed by atoms with van der Waals surface area (Å²) in [5, 5.41) is 12.3. The van der Waals surface area contributed by atoms with Gasteiger partial charge >= 0.3 is 6.03 Å². The Labute approximate surface area is 106 Å². The monoisotopic (exact) mass is 244 g/mol. The normalized spacial score (nSPS) is 10.1. The summed E-state index contributed by atoms with van der Waals surface area (Å²) < 4.78 is 0. The zero-order chi connectivity index (χ0) is 13.0. The number of carbonyl (C=O) groups is 1. The highest BCUT2D eigenvalue weighted by Crippen LogP contribution is 2.11. The van der Waals surface area contributed by atoms with Crippen LogP contribution < -0.4 is 10.6 Å². The van der Waals surface area contributed by atoms with Crippen LogP contribution in [0.15, 0.2) is 30.3 Å². The summed E-state index contributed by atoms with van der Waals surface area (Å²) in [4.78, 5) is 11.7. The highest BCUT2D eigenvalue weighted by atomic mass is 16.2. The minimum Gasteiger partial charge on any atom is -0.308 e. The fourth-order valence-electron chi connectivity index (χ4n) is 1.61. The zero-order valence-electron chi connectivity index (χ0n) is 10.4. The molecule has 5 nitrogen and oxygen atoms in total. The van der Waals surface area contributed by atoms with Gasteiger partial charge in [-0.3, -0.25) is 10.4 Å². The van der Waals surface area contributed by atoms with E-state index in [9.17, 15) is 4.79 Å². The van der Waals surface area contributed by atoms with E-state index >= 15 is 0 Å². The molecule has 0 aliphatic rings. The minimum absolute atomic E-state index is 0.297. The first-order valence-corrected chi connectivity index (χ1v) is 5.86. The van der Waals surface area contributed by atoms with Gasteiger partial charge in [0.2, 0.25) is 0 Å². The first-order chi connectivity index (χ1) is 8.67. The molecule has 94 valence electrons. The standard InChI is InChI=1S/C13H16N4O/c1-3-10-8-12(17-16-10)15-13(18)14-11-6-4-5-9(2)7-11/h4-8H,3H2,1-2H3,(H3,14,15,16,17,18). The van der Waals surface area contributed by atoms with Gasteiger partial charge < -0.3 is 5.32 Å². The van der Waals surface area contributed by atoms with Crippen LogP contribution in [0.3, 0.4) is 0 Å². The Morgan fingerprint density at radius 3 is 2.83 bits per heavy atom. The second kappa shape index (κ2) is 5.35. The number of nitrogens with zero attached hydrogens (tertiary/aromatic N) is 1. The first kappa shape index (κ1) is 12.2. The Balaban J connectivity index is 1.96. The van der Waals surface area contributed by atoms with Gasteiger partial charge in [0.25, 0.3) is 0 Å². The predicted molar refractivity (Wildman–Crippen MR) is 71.8 cm³/mol. The molecule has 2 amide bonds. The third-order valence-electron chi connectivity index (χ3n) is 2.53. The maximum absolute atomic E-state index is 11.7. The van der Waals surface area contributed by atoms with Crippen molar-refractivity contribution in [3.63, 3.8) is 0 Å². The van der Waals surface area contributed by atoms with Crippen molar-refractivity contribution in [1.29, 1.82) is 0 Å². The summed E-state index contributed by atoms with van der Waals surface area (Å²) in [5.41, 5.74) is 2.85. The Kier molecular flexibility index (Phi) is 3.62. The van der Waals surface area contributed by atoms with Gasteiger partial charge in [0.05, 0.1) is 0 Å². The lowest BCUT2D eigenvalue weighted by Gasteiger charge is -2.05. The minimum atomic E-state index is -0.297. The van der Waals surface area contributed by atoms with E-state index in [1.165, 1.54) is 0 Å². The molecule has 2 rings (SSSR count). The molecule has 18 heavy (non-hydrogen) atoms. The number of rotatable bonds is 3. The first-order valence-electron chi connectivity index (χ1n) is 5.86. The quantitative estimate of drug-likeness (QED) is 0.777. The van der Waals surface area contributed by atoms with Crippen LogP contribution in [0.5, 0.6) is 0 Å². The largest absolute Gasteiger partial charge is 0.324 e.